The predicted octanol–water partition coefficient (Wildman–Crippen LogP) is -3.64. The molecule has 4 rings (SSSR count). The summed E-state index contributed by atoms with van der Waals surface area (Å²) in [7, 11) is 0. The van der Waals surface area contributed by atoms with Gasteiger partial charge in [-0.2, -0.15) is 0 Å². The van der Waals surface area contributed by atoms with Crippen molar-refractivity contribution in [2.75, 3.05) is 22.9 Å². The highest BCUT2D eigenvalue weighted by Crippen LogP contribution is 2.29. The molecule has 0 amide bonds. The van der Waals surface area contributed by atoms with Crippen molar-refractivity contribution in [2.24, 2.45) is 0 Å². The lowest BCUT2D eigenvalue weighted by Gasteiger charge is -1.99. The smallest absolute Gasteiger partial charge is 0.339 e. The van der Waals surface area contributed by atoms with Gasteiger partial charge in [0.2, 0.25) is 22.9 Å². The van der Waals surface area contributed by atoms with Crippen LogP contribution in [0.2, 0.25) is 0 Å². The van der Waals surface area contributed by atoms with Gasteiger partial charge in [-0.25, -0.2) is 0 Å². The number of tetrazole rings is 2. The van der Waals surface area contributed by atoms with Gasteiger partial charge in [-0.1, -0.05) is 0 Å². The number of rotatable bonds is 2. The third kappa shape index (κ3) is 3.33. The Balaban J connectivity index is 0.000000200. The summed E-state index contributed by atoms with van der Waals surface area (Å²) in [5.41, 5.74) is 20.1. The van der Waals surface area contributed by atoms with Crippen LogP contribution in [0.25, 0.3) is 11.3 Å². The van der Waals surface area contributed by atoms with Crippen LogP contribution in [0.1, 0.15) is 0 Å². The van der Waals surface area contributed by atoms with Crippen molar-refractivity contribution < 1.29 is 15.3 Å². The fourth-order valence-electron chi connectivity index (χ4n) is 1.99. The molecule has 29 heavy (non-hydrogen) atoms. The van der Waals surface area contributed by atoms with E-state index in [0.29, 0.717) is 0 Å². The molecule has 0 spiro atoms. The number of aromatic nitrogens is 10. The number of hydrogen-bond acceptors (Lipinski definition) is 16. The lowest BCUT2D eigenvalue weighted by molar-refractivity contribution is -0.383. The molecule has 4 aromatic rings. The van der Waals surface area contributed by atoms with Gasteiger partial charge in [-0.15, -0.1) is 29.7 Å². The molecule has 21 nitrogen and oxygen atoms in total. The monoisotopic (exact) mass is 410 g/mol. The Morgan fingerprint density at radius 3 is 1.38 bits per heavy atom. The second kappa shape index (κ2) is 7.27. The fourth-order valence-corrected chi connectivity index (χ4v) is 1.99. The minimum atomic E-state index is -0.730. The molecule has 0 radical (unpaired) electrons. The molecule has 21 heteroatoms. The summed E-state index contributed by atoms with van der Waals surface area (Å²) in [6, 6.07) is 0. The molecule has 0 aliphatic carbocycles. The average Bonchev–Trinajstić information content (AvgIpc) is 3.23. The molecule has 0 atom stereocenters. The van der Waals surface area contributed by atoms with Gasteiger partial charge < -0.3 is 28.4 Å². The van der Waals surface area contributed by atoms with E-state index in [1.54, 1.807) is 0 Å². The molecule has 0 fully saturated rings. The molecule has 4 aromatic heterocycles. The zero-order chi connectivity index (χ0) is 20.6. The molecular formula is C8H10N16O5. The van der Waals surface area contributed by atoms with E-state index in [0.717, 1.165) is 9.26 Å². The molecular weight excluding hydrogens is 400 g/mol. The maximum atomic E-state index is 10.5. The van der Waals surface area contributed by atoms with Crippen LogP contribution in [-0.4, -0.2) is 65.8 Å². The number of nitrogen functional groups attached to an aromatic ring is 4. The van der Waals surface area contributed by atoms with Crippen molar-refractivity contribution >= 4 is 45.7 Å². The SMILES string of the molecule is Nc1nn2nnnc2c(N)c1[N+](=O)[O-].Nc1nn2nnnc2c(N)c1[N+](=O)[O-].O. The van der Waals surface area contributed by atoms with Gasteiger partial charge in [0.25, 0.3) is 0 Å². The van der Waals surface area contributed by atoms with Crippen LogP contribution in [0.4, 0.5) is 34.4 Å². The zero-order valence-corrected chi connectivity index (χ0v) is 13.8. The van der Waals surface area contributed by atoms with Crippen LogP contribution in [0, 0.1) is 20.2 Å². The Hall–Kier alpha value is -5.08. The first-order valence-corrected chi connectivity index (χ1v) is 6.77. The number of hydrogen-bond donors (Lipinski definition) is 4. The molecule has 0 aliphatic heterocycles. The van der Waals surface area contributed by atoms with Crippen LogP contribution < -0.4 is 22.9 Å². The van der Waals surface area contributed by atoms with Crippen LogP contribution in [0.15, 0.2) is 0 Å². The molecule has 0 unspecified atom stereocenters. The minimum absolute atomic E-state index is 0. The van der Waals surface area contributed by atoms with Crippen molar-refractivity contribution in [1.82, 2.24) is 50.5 Å². The first kappa shape index (κ1) is 20.2. The number of nitrogens with two attached hydrogens (primary N) is 4. The van der Waals surface area contributed by atoms with Crippen molar-refractivity contribution in [1.29, 1.82) is 0 Å². The summed E-state index contributed by atoms with van der Waals surface area (Å²) in [6.07, 6.45) is 0. The predicted molar refractivity (Wildman–Crippen MR) is 91.7 cm³/mol. The fraction of sp³-hybridized carbons (Fsp3) is 0. The molecule has 0 aliphatic rings. The second-order valence-corrected chi connectivity index (χ2v) is 4.79. The van der Waals surface area contributed by atoms with Gasteiger partial charge in [0.15, 0.2) is 11.4 Å². The quantitative estimate of drug-likeness (QED) is 0.183. The van der Waals surface area contributed by atoms with E-state index in [1.165, 1.54) is 0 Å². The Labute approximate surface area is 155 Å². The Morgan fingerprint density at radius 1 is 0.724 bits per heavy atom. The highest BCUT2D eigenvalue weighted by Gasteiger charge is 2.24. The van der Waals surface area contributed by atoms with Gasteiger partial charge in [0.1, 0.15) is 0 Å². The van der Waals surface area contributed by atoms with Crippen molar-refractivity contribution in [2.45, 2.75) is 0 Å². The Morgan fingerprint density at radius 2 is 1.07 bits per heavy atom. The first-order chi connectivity index (χ1) is 13.2. The van der Waals surface area contributed by atoms with Gasteiger partial charge in [-0.3, -0.25) is 20.2 Å². The normalized spacial score (nSPS) is 10.2. The number of nitro groups is 2. The third-order valence-corrected chi connectivity index (χ3v) is 3.15. The first-order valence-electron chi connectivity index (χ1n) is 6.77. The van der Waals surface area contributed by atoms with Gasteiger partial charge in [-0.05, 0) is 20.9 Å². The van der Waals surface area contributed by atoms with E-state index >= 15 is 0 Å². The summed E-state index contributed by atoms with van der Waals surface area (Å²) in [5.74, 6) is -0.653. The van der Waals surface area contributed by atoms with Crippen molar-refractivity contribution in [3.63, 3.8) is 0 Å². The number of anilines is 4. The maximum Gasteiger partial charge on any atom is 0.339 e. The second-order valence-electron chi connectivity index (χ2n) is 4.79. The molecule has 0 bridgehead atoms. The molecule has 152 valence electrons. The molecule has 0 saturated heterocycles. The summed E-state index contributed by atoms with van der Waals surface area (Å²) < 4.78 is 1.86. The third-order valence-electron chi connectivity index (χ3n) is 3.15. The summed E-state index contributed by atoms with van der Waals surface area (Å²) >= 11 is 0. The number of fused-ring (bicyclic) bond motifs is 2. The maximum absolute atomic E-state index is 10.5. The van der Waals surface area contributed by atoms with Crippen LogP contribution in [0.3, 0.4) is 0 Å². The van der Waals surface area contributed by atoms with E-state index in [-0.39, 0.29) is 39.8 Å². The Kier molecular flexibility index (Phi) is 5.07. The van der Waals surface area contributed by atoms with E-state index in [2.05, 4.69) is 41.2 Å². The standard InChI is InChI=1S/2C4H4N8O2.H2O/c2*5-1-2(12(13)14)3(6)8-11-4(1)7-9-10-11;/h2*5H2,(H2,6,8);1H2. The molecule has 0 saturated carbocycles. The zero-order valence-electron chi connectivity index (χ0n) is 13.8. The Bertz CT molecular complexity index is 1130. The molecule has 0 aromatic carbocycles. The van der Waals surface area contributed by atoms with Gasteiger partial charge in [0.05, 0.1) is 9.85 Å². The largest absolute Gasteiger partial charge is 0.412 e. The van der Waals surface area contributed by atoms with Gasteiger partial charge in [0, 0.05) is 0 Å². The van der Waals surface area contributed by atoms with E-state index in [9.17, 15) is 20.2 Å². The molecule has 10 N–H and O–H groups in total. The topological polar surface area (TPSA) is 334 Å². The van der Waals surface area contributed by atoms with E-state index in [4.69, 9.17) is 22.9 Å². The highest BCUT2D eigenvalue weighted by atomic mass is 16.6. The van der Waals surface area contributed by atoms with Crippen LogP contribution in [-0.2, 0) is 0 Å². The lowest BCUT2D eigenvalue weighted by Crippen LogP contribution is -2.08. The molecule has 4 heterocycles. The minimum Gasteiger partial charge on any atom is -0.412 e. The average molecular weight is 410 g/mol. The van der Waals surface area contributed by atoms with Gasteiger partial charge >= 0.3 is 11.4 Å². The lowest BCUT2D eigenvalue weighted by atomic mass is 10.4. The van der Waals surface area contributed by atoms with Crippen molar-refractivity contribution in [3.8, 4) is 0 Å². The summed E-state index contributed by atoms with van der Waals surface area (Å²) in [5, 5.41) is 48.4. The van der Waals surface area contributed by atoms with E-state index in [1.807, 2.05) is 0 Å². The van der Waals surface area contributed by atoms with E-state index < -0.39 is 21.2 Å². The van der Waals surface area contributed by atoms with Crippen molar-refractivity contribution in [3.05, 3.63) is 20.2 Å². The number of nitrogens with zero attached hydrogens (tertiary/aromatic N) is 12. The van der Waals surface area contributed by atoms with Crippen LogP contribution >= 0.6 is 0 Å². The summed E-state index contributed by atoms with van der Waals surface area (Å²) in [4.78, 5) is 19.6. The summed E-state index contributed by atoms with van der Waals surface area (Å²) in [6.45, 7) is 0. The van der Waals surface area contributed by atoms with Crippen LogP contribution in [0.5, 0.6) is 0 Å². The highest BCUT2D eigenvalue weighted by molar-refractivity contribution is 5.80.